The Morgan fingerprint density at radius 1 is 0.970 bits per heavy atom. The third-order valence-electron chi connectivity index (χ3n) is 6.95. The van der Waals surface area contributed by atoms with Crippen molar-refractivity contribution in [2.24, 2.45) is 0 Å². The van der Waals surface area contributed by atoms with E-state index in [0.717, 1.165) is 48.1 Å². The highest BCUT2D eigenvalue weighted by Crippen LogP contribution is 2.35. The highest BCUT2D eigenvalue weighted by molar-refractivity contribution is 5.95. The third kappa shape index (κ3) is 4.53. The smallest absolute Gasteiger partial charge is 0.228 e. The van der Waals surface area contributed by atoms with Crippen molar-refractivity contribution in [1.29, 1.82) is 0 Å². The number of hydrogen-bond donors (Lipinski definition) is 0. The Morgan fingerprint density at radius 2 is 1.82 bits per heavy atom. The number of likely N-dealkylation sites (tertiary alicyclic amines) is 1. The summed E-state index contributed by atoms with van der Waals surface area (Å²) in [5.74, 6) is 1.73. The van der Waals surface area contributed by atoms with E-state index >= 15 is 0 Å². The van der Waals surface area contributed by atoms with Gasteiger partial charge in [-0.05, 0) is 62.9 Å². The molecule has 1 saturated heterocycles. The molecule has 0 saturated carbocycles. The average molecular weight is 442 g/mol. The number of rotatable bonds is 5. The van der Waals surface area contributed by atoms with Crippen LogP contribution < -0.4 is 4.90 Å². The minimum absolute atomic E-state index is 0.109. The molecule has 2 aliphatic heterocycles. The van der Waals surface area contributed by atoms with Gasteiger partial charge in [0.2, 0.25) is 5.91 Å². The first kappa shape index (κ1) is 21.7. The summed E-state index contributed by atoms with van der Waals surface area (Å²) in [6, 6.07) is 14.6. The number of aryl methyl sites for hydroxylation is 2. The number of fused-ring (bicyclic) bond motifs is 1. The van der Waals surface area contributed by atoms with E-state index in [1.165, 1.54) is 24.0 Å². The second kappa shape index (κ2) is 9.40. The molecule has 1 aromatic carbocycles. The summed E-state index contributed by atoms with van der Waals surface area (Å²) in [5.41, 5.74) is 5.63. The van der Waals surface area contributed by atoms with Gasteiger partial charge in [0, 0.05) is 30.4 Å². The zero-order valence-corrected chi connectivity index (χ0v) is 19.5. The summed E-state index contributed by atoms with van der Waals surface area (Å²) in [7, 11) is 0. The first-order chi connectivity index (χ1) is 16.1. The van der Waals surface area contributed by atoms with Crippen LogP contribution in [-0.4, -0.2) is 32.3 Å². The van der Waals surface area contributed by atoms with Gasteiger partial charge in [-0.3, -0.25) is 19.6 Å². The van der Waals surface area contributed by atoms with Crippen molar-refractivity contribution < 1.29 is 4.79 Å². The van der Waals surface area contributed by atoms with Crippen molar-refractivity contribution in [2.75, 3.05) is 11.4 Å². The molecule has 1 atom stereocenters. The van der Waals surface area contributed by atoms with Crippen molar-refractivity contribution in [1.82, 2.24) is 19.9 Å². The number of amides is 1. The van der Waals surface area contributed by atoms with Gasteiger partial charge >= 0.3 is 0 Å². The highest BCUT2D eigenvalue weighted by atomic mass is 16.2. The molecule has 0 spiro atoms. The van der Waals surface area contributed by atoms with Gasteiger partial charge in [0.1, 0.15) is 11.6 Å². The fourth-order valence-corrected chi connectivity index (χ4v) is 5.05. The number of hydrogen-bond acceptors (Lipinski definition) is 5. The fraction of sp³-hybridized carbons (Fsp3) is 0.407. The summed E-state index contributed by atoms with van der Waals surface area (Å²) in [6.45, 7) is 6.62. The van der Waals surface area contributed by atoms with Crippen LogP contribution in [0.3, 0.4) is 0 Å². The van der Waals surface area contributed by atoms with Crippen molar-refractivity contribution >= 4 is 11.7 Å². The van der Waals surface area contributed by atoms with Gasteiger partial charge in [0.05, 0.1) is 18.3 Å². The minimum Gasteiger partial charge on any atom is -0.290 e. The van der Waals surface area contributed by atoms with Gasteiger partial charge in [-0.1, -0.05) is 36.8 Å². The summed E-state index contributed by atoms with van der Waals surface area (Å²) in [5, 5.41) is 0. The van der Waals surface area contributed by atoms with Gasteiger partial charge in [-0.15, -0.1) is 0 Å². The predicted molar refractivity (Wildman–Crippen MR) is 129 cm³/mol. The molecule has 170 valence electrons. The van der Waals surface area contributed by atoms with Crippen LogP contribution in [0.5, 0.6) is 0 Å². The van der Waals surface area contributed by atoms with Crippen LogP contribution in [-0.2, 0) is 24.3 Å². The van der Waals surface area contributed by atoms with Crippen LogP contribution in [0.2, 0.25) is 0 Å². The molecule has 1 amide bonds. The lowest BCUT2D eigenvalue weighted by Gasteiger charge is -2.36. The molecule has 0 radical (unpaired) electrons. The lowest BCUT2D eigenvalue weighted by molar-refractivity contribution is -0.119. The summed E-state index contributed by atoms with van der Waals surface area (Å²) < 4.78 is 0. The van der Waals surface area contributed by atoms with Crippen molar-refractivity contribution in [3.05, 3.63) is 82.6 Å². The van der Waals surface area contributed by atoms with Gasteiger partial charge in [0.15, 0.2) is 0 Å². The van der Waals surface area contributed by atoms with Crippen molar-refractivity contribution in [3.8, 4) is 0 Å². The number of carbonyl (C=O) groups is 1. The summed E-state index contributed by atoms with van der Waals surface area (Å²) >= 11 is 0. The lowest BCUT2D eigenvalue weighted by atomic mass is 9.98. The van der Waals surface area contributed by atoms with E-state index in [-0.39, 0.29) is 11.9 Å². The molecule has 6 nitrogen and oxygen atoms in total. The molecule has 0 N–H and O–H groups in total. The lowest BCUT2D eigenvalue weighted by Crippen LogP contribution is -2.38. The zero-order valence-electron chi connectivity index (χ0n) is 19.5. The largest absolute Gasteiger partial charge is 0.290 e. The number of benzene rings is 1. The molecule has 2 aromatic heterocycles. The van der Waals surface area contributed by atoms with Gasteiger partial charge < -0.3 is 0 Å². The van der Waals surface area contributed by atoms with Gasteiger partial charge in [-0.2, -0.15) is 0 Å². The number of pyridine rings is 1. The number of anilines is 1. The van der Waals surface area contributed by atoms with E-state index in [2.05, 4.69) is 48.0 Å². The van der Waals surface area contributed by atoms with E-state index in [0.29, 0.717) is 19.4 Å². The Labute approximate surface area is 195 Å². The van der Waals surface area contributed by atoms with Gasteiger partial charge in [-0.25, -0.2) is 9.97 Å². The second-order valence-corrected chi connectivity index (χ2v) is 9.18. The van der Waals surface area contributed by atoms with E-state index in [4.69, 9.17) is 9.97 Å². The number of aromatic nitrogens is 3. The molecule has 0 bridgehead atoms. The topological polar surface area (TPSA) is 62.2 Å². The predicted octanol–water partition coefficient (Wildman–Crippen LogP) is 4.70. The van der Waals surface area contributed by atoms with Crippen LogP contribution in [0.1, 0.15) is 65.6 Å². The number of nitrogens with zero attached hydrogens (tertiary/aromatic N) is 5. The molecule has 1 fully saturated rings. The first-order valence-electron chi connectivity index (χ1n) is 12.0. The molecule has 5 rings (SSSR count). The molecule has 1 unspecified atom stereocenters. The molecular formula is C27H31N5O. The average Bonchev–Trinajstić information content (AvgIpc) is 2.83. The van der Waals surface area contributed by atoms with E-state index in [1.54, 1.807) is 6.20 Å². The Kier molecular flexibility index (Phi) is 6.18. The van der Waals surface area contributed by atoms with Gasteiger partial charge in [0.25, 0.3) is 0 Å². The Balaban J connectivity index is 1.49. The maximum atomic E-state index is 12.9. The monoisotopic (exact) mass is 441 g/mol. The Morgan fingerprint density at radius 3 is 2.64 bits per heavy atom. The first-order valence-corrected chi connectivity index (χ1v) is 12.0. The van der Waals surface area contributed by atoms with Crippen LogP contribution in [0.15, 0.2) is 48.7 Å². The van der Waals surface area contributed by atoms with Crippen LogP contribution in [0, 0.1) is 13.8 Å². The molecule has 0 aliphatic carbocycles. The van der Waals surface area contributed by atoms with Crippen molar-refractivity contribution in [2.45, 2.75) is 65.1 Å². The Bertz CT molecular complexity index is 1150. The van der Waals surface area contributed by atoms with E-state index in [9.17, 15) is 4.79 Å². The fourth-order valence-electron chi connectivity index (χ4n) is 5.05. The van der Waals surface area contributed by atoms with E-state index in [1.807, 2.05) is 23.1 Å². The molecule has 33 heavy (non-hydrogen) atoms. The molecule has 6 heteroatoms. The van der Waals surface area contributed by atoms with E-state index < -0.39 is 0 Å². The van der Waals surface area contributed by atoms with Crippen LogP contribution >= 0.6 is 0 Å². The highest BCUT2D eigenvalue weighted by Gasteiger charge is 2.32. The molecule has 4 heterocycles. The molecule has 2 aliphatic rings. The quantitative estimate of drug-likeness (QED) is 0.575. The summed E-state index contributed by atoms with van der Waals surface area (Å²) in [4.78, 5) is 31.7. The zero-order chi connectivity index (χ0) is 22.8. The maximum Gasteiger partial charge on any atom is 0.228 e. The van der Waals surface area contributed by atoms with Crippen LogP contribution in [0.4, 0.5) is 5.82 Å². The number of carbonyl (C=O) groups excluding carboxylic acids is 1. The number of piperidine rings is 1. The molecular weight excluding hydrogens is 410 g/mol. The standard InChI is InChI=1S/C27H31N5O/c1-19-9-3-4-10-21(19)17-31-16-8-6-12-24(31)26-29-20(2)23-13-14-25(33)32(27(23)30-26)18-22-11-5-7-15-28-22/h3-5,7,9-11,15,24H,6,8,12-14,16-18H2,1-2H3. The second-order valence-electron chi connectivity index (χ2n) is 9.18. The Hall–Kier alpha value is -3.12. The minimum atomic E-state index is 0.109. The SMILES string of the molecule is Cc1ccccc1CN1CCCCC1c1nc(C)c2c(n1)N(Cc1ccccn1)C(=O)CC2. The maximum absolute atomic E-state index is 12.9. The van der Waals surface area contributed by atoms with Crippen molar-refractivity contribution in [3.63, 3.8) is 0 Å². The normalized spacial score (nSPS) is 18.9. The van der Waals surface area contributed by atoms with Crippen LogP contribution in [0.25, 0.3) is 0 Å². The third-order valence-corrected chi connectivity index (χ3v) is 6.95. The molecule has 3 aromatic rings. The summed E-state index contributed by atoms with van der Waals surface area (Å²) in [6.07, 6.45) is 6.37.